The van der Waals surface area contributed by atoms with Crippen LogP contribution in [0.1, 0.15) is 16.8 Å². The van der Waals surface area contributed by atoms with E-state index >= 15 is 0 Å². The second kappa shape index (κ2) is 7.61. The van der Waals surface area contributed by atoms with E-state index in [1.165, 1.54) is 4.98 Å². The molecule has 0 saturated carbocycles. The molecule has 0 aliphatic carbocycles. The highest BCUT2D eigenvalue weighted by Crippen LogP contribution is 2.50. The first-order valence-electron chi connectivity index (χ1n) is 7.76. The number of aryl methyl sites for hydroxylation is 1. The Morgan fingerprint density at radius 3 is 2.14 bits per heavy atom. The topological polar surface area (TPSA) is 72.0 Å². The molecule has 2 rings (SSSR count). The van der Waals surface area contributed by atoms with E-state index in [1.54, 1.807) is 30.3 Å². The zero-order valence-corrected chi connectivity index (χ0v) is 14.4. The summed E-state index contributed by atoms with van der Waals surface area (Å²) >= 11 is 0. The molecule has 160 valence electrons. The van der Waals surface area contributed by atoms with Gasteiger partial charge in [0.15, 0.2) is 5.95 Å². The average molecular weight is 430 g/mol. The van der Waals surface area contributed by atoms with Gasteiger partial charge >= 0.3 is 24.3 Å². The van der Waals surface area contributed by atoms with Gasteiger partial charge < -0.3 is 10.3 Å². The SMILES string of the molecule is Cc1nc(N([O-])C(F)(F)C(F)(F)C(F)(F)C(F)F)[nH]c(=O)c1Cc1ccccc1. The molecule has 1 N–H and O–H groups in total. The Morgan fingerprint density at radius 1 is 1.10 bits per heavy atom. The maximum absolute atomic E-state index is 13.7. The Labute approximate surface area is 157 Å². The van der Waals surface area contributed by atoms with Gasteiger partial charge in [-0.25, -0.2) is 13.8 Å². The van der Waals surface area contributed by atoms with Crippen LogP contribution >= 0.6 is 0 Å². The molecule has 0 radical (unpaired) electrons. The molecule has 1 heterocycles. The number of halogens is 8. The molecule has 0 aliphatic heterocycles. The predicted octanol–water partition coefficient (Wildman–Crippen LogP) is 4.10. The summed E-state index contributed by atoms with van der Waals surface area (Å²) < 4.78 is 104. The van der Waals surface area contributed by atoms with Crippen LogP contribution in [0.4, 0.5) is 41.1 Å². The normalized spacial score (nSPS) is 13.1. The first-order valence-corrected chi connectivity index (χ1v) is 7.76. The number of nitrogens with one attached hydrogen (secondary N) is 1. The molecule has 0 unspecified atom stereocenters. The first kappa shape index (κ1) is 22.6. The molecule has 2 aromatic rings. The molecule has 5 nitrogen and oxygen atoms in total. The van der Waals surface area contributed by atoms with Crippen molar-refractivity contribution in [1.82, 2.24) is 9.97 Å². The molecule has 0 fully saturated rings. The van der Waals surface area contributed by atoms with Crippen molar-refractivity contribution in [2.75, 3.05) is 5.06 Å². The van der Waals surface area contributed by atoms with Crippen molar-refractivity contribution in [3.8, 4) is 0 Å². The average Bonchev–Trinajstić information content (AvgIpc) is 2.64. The van der Waals surface area contributed by atoms with Crippen LogP contribution in [0.15, 0.2) is 35.1 Å². The highest BCUT2D eigenvalue weighted by molar-refractivity contribution is 5.38. The third kappa shape index (κ3) is 3.91. The quantitative estimate of drug-likeness (QED) is 0.408. The van der Waals surface area contributed by atoms with Crippen LogP contribution in [0.5, 0.6) is 0 Å². The van der Waals surface area contributed by atoms with E-state index in [2.05, 4.69) is 4.98 Å². The van der Waals surface area contributed by atoms with Crippen molar-refractivity contribution in [3.63, 3.8) is 0 Å². The van der Waals surface area contributed by atoms with Crippen molar-refractivity contribution in [1.29, 1.82) is 0 Å². The van der Waals surface area contributed by atoms with E-state index in [0.29, 0.717) is 5.56 Å². The molecular formula is C16H12F8N3O2-. The number of nitrogens with zero attached hydrogens (tertiary/aromatic N) is 2. The summed E-state index contributed by atoms with van der Waals surface area (Å²) in [5.41, 5.74) is -1.02. The minimum Gasteiger partial charge on any atom is -0.752 e. The zero-order valence-electron chi connectivity index (χ0n) is 14.4. The zero-order chi connectivity index (χ0) is 22.2. The molecule has 0 bridgehead atoms. The third-order valence-electron chi connectivity index (χ3n) is 3.95. The Balaban J connectivity index is 2.43. The number of aromatic amines is 1. The van der Waals surface area contributed by atoms with Crippen LogP contribution in [0.25, 0.3) is 0 Å². The molecule has 1 aromatic carbocycles. The second-order valence-electron chi connectivity index (χ2n) is 5.95. The Hall–Kier alpha value is -2.70. The fourth-order valence-corrected chi connectivity index (χ4v) is 2.30. The van der Waals surface area contributed by atoms with Crippen LogP contribution in [0.2, 0.25) is 0 Å². The van der Waals surface area contributed by atoms with E-state index in [9.17, 15) is 45.1 Å². The number of H-pyrrole nitrogens is 1. The maximum Gasteiger partial charge on any atom is 0.397 e. The van der Waals surface area contributed by atoms with Gasteiger partial charge in [0.2, 0.25) is 0 Å². The van der Waals surface area contributed by atoms with Crippen molar-refractivity contribution in [3.05, 3.63) is 62.7 Å². The Bertz CT molecular complexity index is 918. The monoisotopic (exact) mass is 430 g/mol. The van der Waals surface area contributed by atoms with Crippen LogP contribution in [0, 0.1) is 12.1 Å². The van der Waals surface area contributed by atoms with Crippen molar-refractivity contribution in [2.45, 2.75) is 37.7 Å². The van der Waals surface area contributed by atoms with E-state index in [1.807, 2.05) is 0 Å². The molecule has 0 aliphatic rings. The standard InChI is InChI=1S/C16H12F8N3O2/c1-8-10(7-9-5-3-2-4-6-9)11(28)26-13(25-8)27(29)16(23,24)15(21,22)14(19,20)12(17)18/h2-6,12H,7H2,1H3,(H,25,26,28)/q-1. The van der Waals surface area contributed by atoms with Gasteiger partial charge in [-0.3, -0.25) is 9.78 Å². The largest absolute Gasteiger partial charge is 0.752 e. The summed E-state index contributed by atoms with van der Waals surface area (Å²) in [6.07, 6.45) is -5.25. The number of hydrogen-bond acceptors (Lipinski definition) is 4. The number of aromatic nitrogens is 2. The Kier molecular flexibility index (Phi) is 5.93. The van der Waals surface area contributed by atoms with Crippen molar-refractivity contribution < 1.29 is 35.1 Å². The molecule has 0 spiro atoms. The fraction of sp³-hybridized carbons (Fsp3) is 0.375. The molecule has 0 saturated heterocycles. The van der Waals surface area contributed by atoms with Gasteiger partial charge in [-0.2, -0.15) is 26.3 Å². The lowest BCUT2D eigenvalue weighted by Gasteiger charge is -2.42. The first-order chi connectivity index (χ1) is 13.2. The summed E-state index contributed by atoms with van der Waals surface area (Å²) in [5, 5.41) is 9.62. The van der Waals surface area contributed by atoms with Gasteiger partial charge in [0.1, 0.15) is 0 Å². The van der Waals surface area contributed by atoms with Crippen LogP contribution in [-0.4, -0.2) is 34.3 Å². The molecule has 0 atom stereocenters. The van der Waals surface area contributed by atoms with Crippen LogP contribution < -0.4 is 10.6 Å². The minimum atomic E-state index is -6.77. The summed E-state index contributed by atoms with van der Waals surface area (Å²) in [4.78, 5) is 16.8. The number of rotatable bonds is 7. The highest BCUT2D eigenvalue weighted by atomic mass is 19.4. The van der Waals surface area contributed by atoms with E-state index in [4.69, 9.17) is 0 Å². The smallest absolute Gasteiger partial charge is 0.397 e. The maximum atomic E-state index is 13.7. The summed E-state index contributed by atoms with van der Waals surface area (Å²) in [5.74, 6) is -15.0. The molecule has 1 aromatic heterocycles. The number of alkyl halides is 8. The van der Waals surface area contributed by atoms with Crippen LogP contribution in [0.3, 0.4) is 0 Å². The third-order valence-corrected chi connectivity index (χ3v) is 3.95. The highest BCUT2D eigenvalue weighted by Gasteiger charge is 2.76. The summed E-state index contributed by atoms with van der Waals surface area (Å²) in [6.45, 7) is 1.09. The van der Waals surface area contributed by atoms with Crippen molar-refractivity contribution >= 4 is 5.95 Å². The van der Waals surface area contributed by atoms with Gasteiger partial charge in [-0.15, -0.1) is 0 Å². The van der Waals surface area contributed by atoms with E-state index in [-0.39, 0.29) is 17.7 Å². The van der Waals surface area contributed by atoms with Gasteiger partial charge in [0.05, 0.1) is 5.69 Å². The Morgan fingerprint density at radius 2 is 1.66 bits per heavy atom. The molecule has 0 amide bonds. The molecule has 29 heavy (non-hydrogen) atoms. The van der Waals surface area contributed by atoms with Gasteiger partial charge in [0.25, 0.3) is 5.56 Å². The lowest BCUT2D eigenvalue weighted by atomic mass is 10.1. The molecule has 13 heteroatoms. The lowest BCUT2D eigenvalue weighted by Crippen LogP contribution is -2.63. The van der Waals surface area contributed by atoms with Crippen molar-refractivity contribution in [2.24, 2.45) is 0 Å². The van der Waals surface area contributed by atoms with Crippen LogP contribution in [-0.2, 0) is 6.42 Å². The second-order valence-corrected chi connectivity index (χ2v) is 5.95. The van der Waals surface area contributed by atoms with Gasteiger partial charge in [-0.1, -0.05) is 30.3 Å². The fourth-order valence-electron chi connectivity index (χ4n) is 2.30. The minimum absolute atomic E-state index is 0.0653. The number of benzene rings is 1. The molecular weight excluding hydrogens is 418 g/mol. The number of hydroxylamine groups is 1. The summed E-state index contributed by atoms with van der Waals surface area (Å²) in [7, 11) is 0. The van der Waals surface area contributed by atoms with E-state index in [0.717, 1.165) is 6.92 Å². The number of hydrogen-bond donors (Lipinski definition) is 1. The predicted molar refractivity (Wildman–Crippen MR) is 85.5 cm³/mol. The van der Waals surface area contributed by atoms with Gasteiger partial charge in [-0.05, 0) is 12.5 Å². The number of anilines is 1. The summed E-state index contributed by atoms with van der Waals surface area (Å²) in [6, 6.07) is 1.80. The van der Waals surface area contributed by atoms with E-state index < -0.39 is 40.9 Å². The van der Waals surface area contributed by atoms with Gasteiger partial charge in [0, 0.05) is 12.0 Å². The lowest BCUT2D eigenvalue weighted by molar-refractivity contribution is -0.336.